The third-order valence-electron chi connectivity index (χ3n) is 3.95. The van der Waals surface area contributed by atoms with Crippen LogP contribution in [0.15, 0.2) is 0 Å². The van der Waals surface area contributed by atoms with Crippen LogP contribution >= 0.6 is 19.6 Å². The maximum absolute atomic E-state index is 12.2. The number of imide groups is 1. The van der Waals surface area contributed by atoms with E-state index in [9.17, 15) is 23.8 Å². The lowest BCUT2D eigenvalue weighted by atomic mass is 10.2. The Morgan fingerprint density at radius 3 is 2.67 bits per heavy atom. The average molecular weight is 424 g/mol. The van der Waals surface area contributed by atoms with E-state index in [1.165, 1.54) is 23.7 Å². The first-order chi connectivity index (χ1) is 12.8. The first kappa shape index (κ1) is 24.1. The van der Waals surface area contributed by atoms with Crippen LogP contribution < -0.4 is 5.32 Å². The number of rotatable bonds is 14. The molecule has 0 aliphatic carbocycles. The predicted molar refractivity (Wildman–Crippen MR) is 102 cm³/mol. The third-order valence-corrected chi connectivity index (χ3v) is 6.34. The summed E-state index contributed by atoms with van der Waals surface area (Å²) in [5.41, 5.74) is 0. The number of thioether (sulfide) groups is 1. The summed E-state index contributed by atoms with van der Waals surface area (Å²) >= 11 is 1.47. The van der Waals surface area contributed by atoms with Crippen molar-refractivity contribution in [2.45, 2.75) is 50.7 Å². The monoisotopic (exact) mass is 424 g/mol. The summed E-state index contributed by atoms with van der Waals surface area (Å²) in [6.45, 7) is 2.03. The zero-order valence-electron chi connectivity index (χ0n) is 15.8. The first-order valence-electron chi connectivity index (χ1n) is 9.09. The van der Waals surface area contributed by atoms with E-state index in [1.807, 2.05) is 0 Å². The van der Waals surface area contributed by atoms with Crippen LogP contribution in [-0.4, -0.2) is 65.3 Å². The van der Waals surface area contributed by atoms with E-state index < -0.39 is 7.82 Å². The molecule has 156 valence electrons. The zero-order chi connectivity index (χ0) is 20.3. The molecule has 0 aromatic rings. The summed E-state index contributed by atoms with van der Waals surface area (Å²) in [6.07, 6.45) is 3.57. The molecule has 0 radical (unpaired) electrons. The van der Waals surface area contributed by atoms with Crippen LogP contribution in [0.3, 0.4) is 0 Å². The average Bonchev–Trinajstić information content (AvgIpc) is 2.88. The topological polar surface area (TPSA) is 122 Å². The molecule has 0 spiro atoms. The van der Waals surface area contributed by atoms with Gasteiger partial charge in [0, 0.05) is 26.4 Å². The van der Waals surface area contributed by atoms with Gasteiger partial charge in [0.1, 0.15) is 0 Å². The number of nitrogens with zero attached hydrogens (tertiary/aromatic N) is 1. The molecule has 2 N–H and O–H groups in total. The van der Waals surface area contributed by atoms with Gasteiger partial charge in [0.15, 0.2) is 0 Å². The highest BCUT2D eigenvalue weighted by Crippen LogP contribution is 2.42. The molecule has 1 fully saturated rings. The highest BCUT2D eigenvalue weighted by Gasteiger charge is 2.38. The van der Waals surface area contributed by atoms with Crippen LogP contribution in [0.1, 0.15) is 45.4 Å². The molecular formula is C16H29N2O7PS. The SMILES string of the molecule is CCOP(=O)(O)OCCCCCCSC1CC(=O)N(CCC(=O)NC)C1=O. The van der Waals surface area contributed by atoms with Crippen LogP contribution in [0.25, 0.3) is 0 Å². The molecular weight excluding hydrogens is 395 g/mol. The molecule has 0 saturated carbocycles. The Labute approximate surface area is 164 Å². The van der Waals surface area contributed by atoms with Crippen molar-refractivity contribution in [3.63, 3.8) is 0 Å². The molecule has 9 nitrogen and oxygen atoms in total. The number of unbranched alkanes of at least 4 members (excludes halogenated alkanes) is 3. The van der Waals surface area contributed by atoms with Gasteiger partial charge in [-0.3, -0.25) is 28.3 Å². The molecule has 1 heterocycles. The molecule has 1 aliphatic rings. The predicted octanol–water partition coefficient (Wildman–Crippen LogP) is 1.70. The molecule has 27 heavy (non-hydrogen) atoms. The Kier molecular flexibility index (Phi) is 11.2. The van der Waals surface area contributed by atoms with Crippen molar-refractivity contribution in [3.05, 3.63) is 0 Å². The zero-order valence-corrected chi connectivity index (χ0v) is 17.6. The number of carbonyl (C=O) groups is 3. The minimum Gasteiger partial charge on any atom is -0.359 e. The lowest BCUT2D eigenvalue weighted by Crippen LogP contribution is -2.34. The molecule has 3 amide bonds. The van der Waals surface area contributed by atoms with Crippen LogP contribution in [-0.2, 0) is 28.0 Å². The number of phosphoric acid groups is 1. The van der Waals surface area contributed by atoms with E-state index >= 15 is 0 Å². The molecule has 2 unspecified atom stereocenters. The van der Waals surface area contributed by atoms with Gasteiger partial charge in [-0.2, -0.15) is 0 Å². The van der Waals surface area contributed by atoms with Crippen molar-refractivity contribution >= 4 is 37.3 Å². The van der Waals surface area contributed by atoms with Gasteiger partial charge in [0.25, 0.3) is 0 Å². The second kappa shape index (κ2) is 12.5. The van der Waals surface area contributed by atoms with Gasteiger partial charge < -0.3 is 10.2 Å². The van der Waals surface area contributed by atoms with E-state index in [-0.39, 0.29) is 55.6 Å². The second-order valence-corrected chi connectivity index (χ2v) is 8.77. The van der Waals surface area contributed by atoms with Crippen LogP contribution in [0.5, 0.6) is 0 Å². The standard InChI is InChI=1S/C16H29N2O7PS/c1-3-24-26(22,23)25-10-6-4-5-7-11-27-13-12-15(20)18(16(13)21)9-8-14(19)17-2/h13H,3-12H2,1-2H3,(H,17,19)(H,22,23). The van der Waals surface area contributed by atoms with Crippen molar-refractivity contribution in [2.75, 3.05) is 32.6 Å². The van der Waals surface area contributed by atoms with E-state index in [2.05, 4.69) is 9.84 Å². The van der Waals surface area contributed by atoms with Gasteiger partial charge in [-0.15, -0.1) is 11.8 Å². The second-order valence-electron chi connectivity index (χ2n) is 6.00. The van der Waals surface area contributed by atoms with Crippen LogP contribution in [0.2, 0.25) is 0 Å². The van der Waals surface area contributed by atoms with Crippen molar-refractivity contribution < 1.29 is 32.9 Å². The lowest BCUT2D eigenvalue weighted by Gasteiger charge is -2.14. The quantitative estimate of drug-likeness (QED) is 0.245. The van der Waals surface area contributed by atoms with Crippen LogP contribution in [0.4, 0.5) is 0 Å². The summed E-state index contributed by atoms with van der Waals surface area (Å²) in [5.74, 6) is 0.123. The minimum absolute atomic E-state index is 0.122. The fourth-order valence-electron chi connectivity index (χ4n) is 2.52. The van der Waals surface area contributed by atoms with Crippen molar-refractivity contribution in [2.24, 2.45) is 0 Å². The number of hydrogen-bond donors (Lipinski definition) is 2. The third kappa shape index (κ3) is 9.21. The molecule has 0 bridgehead atoms. The maximum Gasteiger partial charge on any atom is 0.472 e. The molecule has 2 atom stereocenters. The Morgan fingerprint density at radius 2 is 2.00 bits per heavy atom. The van der Waals surface area contributed by atoms with E-state index in [0.29, 0.717) is 6.42 Å². The van der Waals surface area contributed by atoms with Crippen LogP contribution in [0, 0.1) is 0 Å². The van der Waals surface area contributed by atoms with Gasteiger partial charge in [-0.25, -0.2) is 4.57 Å². The van der Waals surface area contributed by atoms with Gasteiger partial charge in [0.05, 0.1) is 18.5 Å². The number of carbonyl (C=O) groups excluding carboxylic acids is 3. The van der Waals surface area contributed by atoms with Gasteiger partial charge in [-0.1, -0.05) is 12.8 Å². The Balaban J connectivity index is 2.13. The van der Waals surface area contributed by atoms with Crippen molar-refractivity contribution in [1.29, 1.82) is 0 Å². The number of nitrogens with one attached hydrogen (secondary N) is 1. The Bertz CT molecular complexity index is 561. The van der Waals surface area contributed by atoms with E-state index in [1.54, 1.807) is 6.92 Å². The Morgan fingerprint density at radius 1 is 1.30 bits per heavy atom. The molecule has 11 heteroatoms. The summed E-state index contributed by atoms with van der Waals surface area (Å²) in [7, 11) is -2.39. The summed E-state index contributed by atoms with van der Waals surface area (Å²) < 4.78 is 20.7. The largest absolute Gasteiger partial charge is 0.472 e. The fraction of sp³-hybridized carbons (Fsp3) is 0.812. The molecule has 0 aromatic heterocycles. The molecule has 1 rings (SSSR count). The minimum atomic E-state index is -3.90. The number of likely N-dealkylation sites (tertiary alicyclic amines) is 1. The maximum atomic E-state index is 12.2. The molecule has 0 aromatic carbocycles. The number of phosphoric ester groups is 1. The molecule has 1 aliphatic heterocycles. The summed E-state index contributed by atoms with van der Waals surface area (Å²) in [6, 6.07) is 0. The molecule has 1 saturated heterocycles. The highest BCUT2D eigenvalue weighted by atomic mass is 32.2. The highest BCUT2D eigenvalue weighted by molar-refractivity contribution is 8.00. The fourth-order valence-corrected chi connectivity index (χ4v) is 4.47. The summed E-state index contributed by atoms with van der Waals surface area (Å²) in [4.78, 5) is 45.9. The number of amides is 3. The van der Waals surface area contributed by atoms with Crippen molar-refractivity contribution in [3.8, 4) is 0 Å². The van der Waals surface area contributed by atoms with Gasteiger partial charge >= 0.3 is 7.82 Å². The van der Waals surface area contributed by atoms with E-state index in [4.69, 9.17) is 4.52 Å². The van der Waals surface area contributed by atoms with Gasteiger partial charge in [0.2, 0.25) is 17.7 Å². The normalized spacial score (nSPS) is 19.4. The van der Waals surface area contributed by atoms with E-state index in [0.717, 1.165) is 25.0 Å². The smallest absolute Gasteiger partial charge is 0.359 e. The summed E-state index contributed by atoms with van der Waals surface area (Å²) in [5, 5.41) is 2.10. The first-order valence-corrected chi connectivity index (χ1v) is 11.6. The van der Waals surface area contributed by atoms with Crippen molar-refractivity contribution in [1.82, 2.24) is 10.2 Å². The Hall–Kier alpha value is -0.930. The lowest BCUT2D eigenvalue weighted by molar-refractivity contribution is -0.138. The number of hydrogen-bond acceptors (Lipinski definition) is 7. The van der Waals surface area contributed by atoms with Gasteiger partial charge in [-0.05, 0) is 25.5 Å².